The summed E-state index contributed by atoms with van der Waals surface area (Å²) in [6.07, 6.45) is 5.50. The summed E-state index contributed by atoms with van der Waals surface area (Å²) < 4.78 is 6.09. The van der Waals surface area contributed by atoms with E-state index < -0.39 is 0 Å². The van der Waals surface area contributed by atoms with Gasteiger partial charge in [-0.2, -0.15) is 0 Å². The first-order chi connectivity index (χ1) is 11.1. The van der Waals surface area contributed by atoms with Crippen molar-refractivity contribution in [3.8, 4) is 5.75 Å². The molecule has 0 spiro atoms. The fourth-order valence-electron chi connectivity index (χ4n) is 4.70. The van der Waals surface area contributed by atoms with Crippen molar-refractivity contribution in [2.24, 2.45) is 0 Å². The number of H-pyrrole nitrogens is 1. The minimum Gasteiger partial charge on any atom is -0.492 e. The number of fused-ring (bicyclic) bond motifs is 8. The lowest BCUT2D eigenvalue weighted by molar-refractivity contribution is 0.340. The second-order valence-corrected chi connectivity index (χ2v) is 7.83. The second-order valence-electron chi connectivity index (χ2n) is 7.83. The van der Waals surface area contributed by atoms with Crippen molar-refractivity contribution in [2.45, 2.75) is 51.4 Å². The Bertz CT molecular complexity index is 951. The average Bonchev–Trinajstić information content (AvgIpc) is 3.13. The summed E-state index contributed by atoms with van der Waals surface area (Å²) >= 11 is 0. The molecule has 0 bridgehead atoms. The molecule has 0 fully saturated rings. The minimum atomic E-state index is 0.251. The van der Waals surface area contributed by atoms with E-state index in [1.165, 1.54) is 45.8 Å². The summed E-state index contributed by atoms with van der Waals surface area (Å²) in [5.74, 6) is 1.48. The summed E-state index contributed by atoms with van der Waals surface area (Å²) in [5, 5.41) is 2.60. The quantitative estimate of drug-likeness (QED) is 0.646. The number of benzene rings is 2. The van der Waals surface area contributed by atoms with Crippen molar-refractivity contribution in [1.29, 1.82) is 0 Å². The van der Waals surface area contributed by atoms with Gasteiger partial charge in [-0.25, -0.2) is 4.98 Å². The van der Waals surface area contributed by atoms with Crippen LogP contribution in [-0.4, -0.2) is 16.6 Å². The van der Waals surface area contributed by atoms with Crippen LogP contribution in [-0.2, 0) is 11.8 Å². The fraction of sp³-hybridized carbons (Fsp3) is 0.450. The van der Waals surface area contributed by atoms with Gasteiger partial charge in [-0.1, -0.05) is 32.9 Å². The van der Waals surface area contributed by atoms with Gasteiger partial charge in [0.1, 0.15) is 5.75 Å². The van der Waals surface area contributed by atoms with Crippen LogP contribution in [0.4, 0.5) is 0 Å². The Balaban J connectivity index is 1.99. The predicted octanol–water partition coefficient (Wildman–Crippen LogP) is 4.83. The van der Waals surface area contributed by atoms with Gasteiger partial charge < -0.3 is 9.72 Å². The molecule has 23 heavy (non-hydrogen) atoms. The van der Waals surface area contributed by atoms with Gasteiger partial charge in [-0.3, -0.25) is 0 Å². The summed E-state index contributed by atoms with van der Waals surface area (Å²) in [5.41, 5.74) is 6.84. The standard InChI is InChI=1S/C20H22N2O/c1-11-9-23-19-13-6-7-14-12(5-4-8-20(14,2)3)16(13)18-17(15(11)19)21-10-22-18/h6-7,10-11H,4-5,8-9H2,1-3H3,(H,21,22). The van der Waals surface area contributed by atoms with Crippen LogP contribution in [0, 0.1) is 0 Å². The van der Waals surface area contributed by atoms with Crippen LogP contribution < -0.4 is 4.74 Å². The second kappa shape index (κ2) is 4.28. The molecule has 3 aromatic rings. The van der Waals surface area contributed by atoms with E-state index in [-0.39, 0.29) is 5.41 Å². The number of imidazole rings is 1. The van der Waals surface area contributed by atoms with Crippen molar-refractivity contribution in [2.75, 3.05) is 6.61 Å². The first kappa shape index (κ1) is 13.4. The van der Waals surface area contributed by atoms with Crippen LogP contribution in [0.15, 0.2) is 18.5 Å². The molecule has 2 aliphatic rings. The highest BCUT2D eigenvalue weighted by molar-refractivity contribution is 6.11. The summed E-state index contributed by atoms with van der Waals surface area (Å²) in [7, 11) is 0. The number of nitrogens with zero attached hydrogens (tertiary/aromatic N) is 1. The van der Waals surface area contributed by atoms with E-state index in [9.17, 15) is 0 Å². The molecular weight excluding hydrogens is 284 g/mol. The molecule has 1 aliphatic heterocycles. The molecule has 1 atom stereocenters. The maximum absolute atomic E-state index is 6.09. The number of aromatic nitrogens is 2. The van der Waals surface area contributed by atoms with Gasteiger partial charge in [0.2, 0.25) is 0 Å². The molecule has 0 radical (unpaired) electrons. The Kier molecular flexibility index (Phi) is 2.50. The molecule has 3 heteroatoms. The summed E-state index contributed by atoms with van der Waals surface area (Å²) in [6.45, 7) is 7.73. The molecule has 2 aromatic carbocycles. The molecule has 118 valence electrons. The molecular formula is C20H22N2O. The molecule has 1 unspecified atom stereocenters. The van der Waals surface area contributed by atoms with Crippen molar-refractivity contribution >= 4 is 21.8 Å². The maximum Gasteiger partial charge on any atom is 0.133 e. The van der Waals surface area contributed by atoms with Crippen molar-refractivity contribution in [3.05, 3.63) is 35.2 Å². The van der Waals surface area contributed by atoms with Gasteiger partial charge >= 0.3 is 0 Å². The van der Waals surface area contributed by atoms with E-state index in [1.54, 1.807) is 0 Å². The third-order valence-corrected chi connectivity index (χ3v) is 5.87. The van der Waals surface area contributed by atoms with E-state index in [0.29, 0.717) is 5.92 Å². The van der Waals surface area contributed by atoms with Gasteiger partial charge in [-0.15, -0.1) is 0 Å². The molecule has 1 aromatic heterocycles. The van der Waals surface area contributed by atoms with Crippen LogP contribution in [0.1, 0.15) is 56.2 Å². The lowest BCUT2D eigenvalue weighted by Crippen LogP contribution is -2.23. The summed E-state index contributed by atoms with van der Waals surface area (Å²) in [6, 6.07) is 4.62. The Morgan fingerprint density at radius 1 is 1.30 bits per heavy atom. The highest BCUT2D eigenvalue weighted by Gasteiger charge is 2.33. The third kappa shape index (κ3) is 1.63. The Labute approximate surface area is 136 Å². The minimum absolute atomic E-state index is 0.251. The molecule has 0 saturated heterocycles. The molecule has 2 heterocycles. The van der Waals surface area contributed by atoms with Gasteiger partial charge in [-0.05, 0) is 35.8 Å². The Hall–Kier alpha value is -2.03. The largest absolute Gasteiger partial charge is 0.492 e. The van der Waals surface area contributed by atoms with Crippen molar-refractivity contribution in [3.63, 3.8) is 0 Å². The van der Waals surface area contributed by atoms with E-state index in [0.717, 1.165) is 24.3 Å². The van der Waals surface area contributed by atoms with E-state index in [1.807, 2.05) is 6.33 Å². The lowest BCUT2D eigenvalue weighted by Gasteiger charge is -2.33. The van der Waals surface area contributed by atoms with Crippen molar-refractivity contribution in [1.82, 2.24) is 9.97 Å². The lowest BCUT2D eigenvalue weighted by atomic mass is 9.71. The zero-order valence-electron chi connectivity index (χ0n) is 14.0. The first-order valence-corrected chi connectivity index (χ1v) is 8.66. The first-order valence-electron chi connectivity index (χ1n) is 8.66. The third-order valence-electron chi connectivity index (χ3n) is 5.87. The highest BCUT2D eigenvalue weighted by Crippen LogP contribution is 2.48. The van der Waals surface area contributed by atoms with Crippen LogP contribution >= 0.6 is 0 Å². The maximum atomic E-state index is 6.09. The van der Waals surface area contributed by atoms with E-state index in [2.05, 4.69) is 42.9 Å². The van der Waals surface area contributed by atoms with E-state index >= 15 is 0 Å². The SMILES string of the molecule is CC1COc2c1c1nc[nH]c1c1c3c(ccc21)C(C)(C)CCC3. The number of aryl methyl sites for hydroxylation is 1. The Morgan fingerprint density at radius 2 is 2.17 bits per heavy atom. The van der Waals surface area contributed by atoms with Gasteiger partial charge in [0.15, 0.2) is 0 Å². The van der Waals surface area contributed by atoms with Gasteiger partial charge in [0, 0.05) is 22.3 Å². The van der Waals surface area contributed by atoms with Crippen molar-refractivity contribution < 1.29 is 4.74 Å². The molecule has 1 aliphatic carbocycles. The monoisotopic (exact) mass is 306 g/mol. The normalized spacial score (nSPS) is 22.1. The van der Waals surface area contributed by atoms with Crippen LogP contribution in [0.25, 0.3) is 21.8 Å². The number of hydrogen-bond donors (Lipinski definition) is 1. The topological polar surface area (TPSA) is 37.9 Å². The smallest absolute Gasteiger partial charge is 0.133 e. The number of nitrogens with one attached hydrogen (secondary N) is 1. The predicted molar refractivity (Wildman–Crippen MR) is 93.5 cm³/mol. The molecule has 5 rings (SSSR count). The number of hydrogen-bond acceptors (Lipinski definition) is 2. The number of rotatable bonds is 0. The summed E-state index contributed by atoms with van der Waals surface area (Å²) in [4.78, 5) is 8.06. The molecule has 3 nitrogen and oxygen atoms in total. The highest BCUT2D eigenvalue weighted by atomic mass is 16.5. The Morgan fingerprint density at radius 3 is 3.04 bits per heavy atom. The van der Waals surface area contributed by atoms with Gasteiger partial charge in [0.25, 0.3) is 0 Å². The molecule has 0 saturated carbocycles. The van der Waals surface area contributed by atoms with E-state index in [4.69, 9.17) is 4.74 Å². The van der Waals surface area contributed by atoms with Crippen LogP contribution in [0.3, 0.4) is 0 Å². The number of aromatic amines is 1. The zero-order chi connectivity index (χ0) is 15.8. The molecule has 1 N–H and O–H groups in total. The van der Waals surface area contributed by atoms with Crippen LogP contribution in [0.5, 0.6) is 5.75 Å². The molecule has 0 amide bonds. The average molecular weight is 306 g/mol. The fourth-order valence-corrected chi connectivity index (χ4v) is 4.70. The van der Waals surface area contributed by atoms with Crippen LogP contribution in [0.2, 0.25) is 0 Å². The van der Waals surface area contributed by atoms with Gasteiger partial charge in [0.05, 0.1) is 24.0 Å². The number of ether oxygens (including phenoxy) is 1. The zero-order valence-corrected chi connectivity index (χ0v) is 14.0.